The van der Waals surface area contributed by atoms with E-state index in [0.29, 0.717) is 23.8 Å². The molecule has 0 spiro atoms. The van der Waals surface area contributed by atoms with Gasteiger partial charge in [0.05, 0.1) is 13.3 Å². The first kappa shape index (κ1) is 9.37. The van der Waals surface area contributed by atoms with Crippen LogP contribution in [0.2, 0.25) is 0 Å². The van der Waals surface area contributed by atoms with Crippen molar-refractivity contribution in [2.75, 3.05) is 12.4 Å². The average molecular weight is 184 g/mol. The summed E-state index contributed by atoms with van der Waals surface area (Å²) in [4.78, 5) is 0. The van der Waals surface area contributed by atoms with Crippen molar-refractivity contribution in [2.24, 2.45) is 5.16 Å². The molecule has 72 valence electrons. The fraction of sp³-hybridized carbons (Fsp3) is 0.429. The lowest BCUT2D eigenvalue weighted by molar-refractivity contribution is 0.318. The molecule has 0 saturated heterocycles. The van der Waals surface area contributed by atoms with Crippen LogP contribution in [0.4, 0.5) is 5.82 Å². The van der Waals surface area contributed by atoms with Crippen molar-refractivity contribution < 1.29 is 9.94 Å². The summed E-state index contributed by atoms with van der Waals surface area (Å²) in [5.41, 5.74) is 0. The van der Waals surface area contributed by atoms with Crippen molar-refractivity contribution in [3.63, 3.8) is 0 Å². The van der Waals surface area contributed by atoms with E-state index in [0.717, 1.165) is 0 Å². The van der Waals surface area contributed by atoms with Gasteiger partial charge in [0, 0.05) is 6.42 Å². The van der Waals surface area contributed by atoms with E-state index in [9.17, 15) is 0 Å². The van der Waals surface area contributed by atoms with Crippen LogP contribution in [0.3, 0.4) is 0 Å². The standard InChI is InChI=1S/C7H12N4O2/c1-3-6(11-12)9-7-5(13-2)4-8-10-7/h4,12H,3H2,1-2H3,(H2,8,9,10,11). The van der Waals surface area contributed by atoms with Gasteiger partial charge in [-0.1, -0.05) is 12.1 Å². The molecular weight excluding hydrogens is 172 g/mol. The molecule has 13 heavy (non-hydrogen) atoms. The molecule has 0 fully saturated rings. The Bertz CT molecular complexity index is 294. The molecule has 6 nitrogen and oxygen atoms in total. The van der Waals surface area contributed by atoms with Gasteiger partial charge in [-0.15, -0.1) is 0 Å². The predicted molar refractivity (Wildman–Crippen MR) is 48.3 cm³/mol. The Hall–Kier alpha value is -1.72. The lowest BCUT2D eigenvalue weighted by Gasteiger charge is -2.03. The van der Waals surface area contributed by atoms with Gasteiger partial charge in [-0.05, 0) is 0 Å². The van der Waals surface area contributed by atoms with Crippen LogP contribution in [0.1, 0.15) is 13.3 Å². The van der Waals surface area contributed by atoms with E-state index in [1.165, 1.54) is 7.11 Å². The zero-order chi connectivity index (χ0) is 9.68. The monoisotopic (exact) mass is 184 g/mol. The maximum absolute atomic E-state index is 8.54. The number of hydrogen-bond donors (Lipinski definition) is 3. The normalized spacial score (nSPS) is 11.4. The molecule has 0 saturated carbocycles. The molecule has 0 radical (unpaired) electrons. The van der Waals surface area contributed by atoms with Crippen LogP contribution >= 0.6 is 0 Å². The molecule has 0 unspecified atom stereocenters. The highest BCUT2D eigenvalue weighted by Gasteiger charge is 2.06. The summed E-state index contributed by atoms with van der Waals surface area (Å²) in [6.07, 6.45) is 2.19. The highest BCUT2D eigenvalue weighted by Crippen LogP contribution is 2.19. The highest BCUT2D eigenvalue weighted by atomic mass is 16.5. The summed E-state index contributed by atoms with van der Waals surface area (Å²) in [6.45, 7) is 1.86. The van der Waals surface area contributed by atoms with Crippen molar-refractivity contribution in [3.05, 3.63) is 6.20 Å². The number of amidine groups is 1. The minimum atomic E-state index is 0.436. The van der Waals surface area contributed by atoms with Gasteiger partial charge in [-0.2, -0.15) is 5.10 Å². The summed E-state index contributed by atoms with van der Waals surface area (Å²) in [5.74, 6) is 1.53. The van der Waals surface area contributed by atoms with Crippen molar-refractivity contribution in [1.29, 1.82) is 0 Å². The van der Waals surface area contributed by atoms with Gasteiger partial charge in [0.25, 0.3) is 0 Å². The number of nitrogens with one attached hydrogen (secondary N) is 2. The Kier molecular flexibility index (Phi) is 3.13. The van der Waals surface area contributed by atoms with Crippen LogP contribution in [-0.2, 0) is 0 Å². The van der Waals surface area contributed by atoms with E-state index in [4.69, 9.17) is 9.94 Å². The molecular formula is C7H12N4O2. The summed E-state index contributed by atoms with van der Waals surface area (Å²) < 4.78 is 4.98. The minimum Gasteiger partial charge on any atom is -0.491 e. The van der Waals surface area contributed by atoms with E-state index in [2.05, 4.69) is 20.7 Å². The fourth-order valence-electron chi connectivity index (χ4n) is 0.845. The topological polar surface area (TPSA) is 82.5 Å². The van der Waals surface area contributed by atoms with Crippen LogP contribution < -0.4 is 10.1 Å². The van der Waals surface area contributed by atoms with Gasteiger partial charge in [0.1, 0.15) is 5.84 Å². The predicted octanol–water partition coefficient (Wildman–Crippen LogP) is 1.03. The van der Waals surface area contributed by atoms with Gasteiger partial charge < -0.3 is 15.3 Å². The Morgan fingerprint density at radius 2 is 2.62 bits per heavy atom. The quantitative estimate of drug-likeness (QED) is 0.283. The number of ether oxygens (including phenoxy) is 1. The van der Waals surface area contributed by atoms with E-state index < -0.39 is 0 Å². The smallest absolute Gasteiger partial charge is 0.195 e. The largest absolute Gasteiger partial charge is 0.491 e. The number of nitrogens with zero attached hydrogens (tertiary/aromatic N) is 2. The molecule has 0 bridgehead atoms. The lowest BCUT2D eigenvalue weighted by Crippen LogP contribution is -2.11. The highest BCUT2D eigenvalue weighted by molar-refractivity contribution is 5.94. The van der Waals surface area contributed by atoms with Gasteiger partial charge >= 0.3 is 0 Å². The third-order valence-corrected chi connectivity index (χ3v) is 1.54. The Morgan fingerprint density at radius 1 is 1.85 bits per heavy atom. The Balaban J connectivity index is 2.73. The molecule has 6 heteroatoms. The van der Waals surface area contributed by atoms with Crippen molar-refractivity contribution in [3.8, 4) is 5.75 Å². The molecule has 0 aliphatic rings. The van der Waals surface area contributed by atoms with E-state index >= 15 is 0 Å². The fourth-order valence-corrected chi connectivity index (χ4v) is 0.845. The molecule has 0 aromatic carbocycles. The second kappa shape index (κ2) is 4.34. The third-order valence-electron chi connectivity index (χ3n) is 1.54. The number of aromatic amines is 1. The van der Waals surface area contributed by atoms with Crippen molar-refractivity contribution in [1.82, 2.24) is 10.2 Å². The van der Waals surface area contributed by atoms with Crippen LogP contribution in [0.15, 0.2) is 11.4 Å². The van der Waals surface area contributed by atoms with Crippen molar-refractivity contribution >= 4 is 11.7 Å². The number of oxime groups is 1. The number of rotatable bonds is 3. The van der Waals surface area contributed by atoms with Gasteiger partial charge in [-0.3, -0.25) is 5.10 Å². The van der Waals surface area contributed by atoms with Crippen LogP contribution in [-0.4, -0.2) is 28.4 Å². The Morgan fingerprint density at radius 3 is 3.15 bits per heavy atom. The second-order valence-electron chi connectivity index (χ2n) is 2.33. The second-order valence-corrected chi connectivity index (χ2v) is 2.33. The molecule has 3 N–H and O–H groups in total. The zero-order valence-electron chi connectivity index (χ0n) is 7.53. The number of methoxy groups -OCH3 is 1. The van der Waals surface area contributed by atoms with Crippen LogP contribution in [0.5, 0.6) is 5.75 Å². The minimum absolute atomic E-state index is 0.436. The molecule has 1 aromatic heterocycles. The number of aromatic nitrogens is 2. The van der Waals surface area contributed by atoms with Gasteiger partial charge in [-0.25, -0.2) is 0 Å². The van der Waals surface area contributed by atoms with E-state index in [1.807, 2.05) is 6.92 Å². The molecule has 1 heterocycles. The van der Waals surface area contributed by atoms with Gasteiger partial charge in [0.2, 0.25) is 0 Å². The molecule has 0 amide bonds. The van der Waals surface area contributed by atoms with Crippen LogP contribution in [0.25, 0.3) is 0 Å². The number of anilines is 1. The average Bonchev–Trinajstić information content (AvgIpc) is 2.61. The maximum atomic E-state index is 8.54. The summed E-state index contributed by atoms with van der Waals surface area (Å²) in [7, 11) is 1.54. The lowest BCUT2D eigenvalue weighted by atomic mass is 10.4. The summed E-state index contributed by atoms with van der Waals surface area (Å²) in [5, 5.41) is 20.9. The first-order valence-electron chi connectivity index (χ1n) is 3.87. The number of H-pyrrole nitrogens is 1. The number of hydrogen-bond acceptors (Lipinski definition) is 4. The van der Waals surface area contributed by atoms with Crippen molar-refractivity contribution in [2.45, 2.75) is 13.3 Å². The third kappa shape index (κ3) is 2.11. The summed E-state index contributed by atoms with van der Waals surface area (Å²) in [6, 6.07) is 0. The molecule has 1 rings (SSSR count). The van der Waals surface area contributed by atoms with Gasteiger partial charge in [0.15, 0.2) is 11.6 Å². The first-order chi connectivity index (χ1) is 6.31. The SMILES string of the molecule is CCC(=NO)Nc1n[nH]cc1OC. The molecule has 0 aliphatic carbocycles. The van der Waals surface area contributed by atoms with E-state index in [1.54, 1.807) is 6.20 Å². The summed E-state index contributed by atoms with van der Waals surface area (Å²) >= 11 is 0. The van der Waals surface area contributed by atoms with E-state index in [-0.39, 0.29) is 0 Å². The molecule has 1 aromatic rings. The Labute approximate surface area is 75.6 Å². The first-order valence-corrected chi connectivity index (χ1v) is 3.87. The zero-order valence-corrected chi connectivity index (χ0v) is 7.53. The molecule has 0 atom stereocenters. The maximum Gasteiger partial charge on any atom is 0.195 e. The van der Waals surface area contributed by atoms with Crippen LogP contribution in [0, 0.1) is 0 Å². The molecule has 0 aliphatic heterocycles.